The number of para-hydroxylation sites is 1. The van der Waals surface area contributed by atoms with Gasteiger partial charge in [0.25, 0.3) is 0 Å². The van der Waals surface area contributed by atoms with Gasteiger partial charge < -0.3 is 15.0 Å². The molecular formula is C20H28N4OS. The van der Waals surface area contributed by atoms with E-state index in [1.807, 2.05) is 18.2 Å². The van der Waals surface area contributed by atoms with Crippen LogP contribution >= 0.6 is 11.8 Å². The summed E-state index contributed by atoms with van der Waals surface area (Å²) in [5.41, 5.74) is 8.73. The van der Waals surface area contributed by atoms with E-state index in [4.69, 9.17) is 15.5 Å². The number of anilines is 1. The Hall–Kier alpha value is -1.79. The summed E-state index contributed by atoms with van der Waals surface area (Å²) in [5.74, 6) is 2.54. The van der Waals surface area contributed by atoms with Gasteiger partial charge in [0.15, 0.2) is 5.82 Å². The Morgan fingerprint density at radius 3 is 2.73 bits per heavy atom. The van der Waals surface area contributed by atoms with Gasteiger partial charge in [0, 0.05) is 17.6 Å². The Balaban J connectivity index is 2.13. The molecule has 1 aromatic carbocycles. The van der Waals surface area contributed by atoms with Crippen molar-refractivity contribution in [1.29, 1.82) is 0 Å². The van der Waals surface area contributed by atoms with Gasteiger partial charge in [-0.25, -0.2) is 9.97 Å². The molecule has 0 spiro atoms. The highest BCUT2D eigenvalue weighted by Gasteiger charge is 2.24. The van der Waals surface area contributed by atoms with Crippen LogP contribution in [0.1, 0.15) is 33.0 Å². The van der Waals surface area contributed by atoms with Crippen LogP contribution in [0.3, 0.4) is 0 Å². The smallest absolute Gasteiger partial charge is 0.152 e. The average molecular weight is 373 g/mol. The van der Waals surface area contributed by atoms with Gasteiger partial charge in [-0.3, -0.25) is 0 Å². The molecule has 6 heteroatoms. The fourth-order valence-electron chi connectivity index (χ4n) is 3.32. The number of hydrogen-bond acceptors (Lipinski definition) is 5. The van der Waals surface area contributed by atoms with Crippen molar-refractivity contribution in [3.63, 3.8) is 0 Å². The van der Waals surface area contributed by atoms with Crippen LogP contribution in [-0.4, -0.2) is 38.8 Å². The third kappa shape index (κ3) is 3.81. The quantitative estimate of drug-likeness (QED) is 0.598. The number of thioether (sulfide) groups is 1. The maximum absolute atomic E-state index is 6.24. The SMILES string of the molecule is CCCc1nc2c(N)nc3ccccc3c2n1CC(C)(C)OCCSC. The van der Waals surface area contributed by atoms with Crippen LogP contribution in [0.4, 0.5) is 5.82 Å². The van der Waals surface area contributed by atoms with Crippen LogP contribution in [0.5, 0.6) is 0 Å². The lowest BCUT2D eigenvalue weighted by atomic mass is 10.1. The first-order chi connectivity index (χ1) is 12.5. The van der Waals surface area contributed by atoms with E-state index in [0.717, 1.165) is 59.5 Å². The summed E-state index contributed by atoms with van der Waals surface area (Å²) in [6.45, 7) is 7.93. The fraction of sp³-hybridized carbons (Fsp3) is 0.500. The first-order valence-corrected chi connectivity index (χ1v) is 10.5. The van der Waals surface area contributed by atoms with Crippen LogP contribution in [0.2, 0.25) is 0 Å². The first-order valence-electron chi connectivity index (χ1n) is 9.13. The second kappa shape index (κ2) is 7.84. The number of nitrogen functional groups attached to an aromatic ring is 1. The lowest BCUT2D eigenvalue weighted by Crippen LogP contribution is -2.32. The van der Waals surface area contributed by atoms with Gasteiger partial charge in [0.1, 0.15) is 11.3 Å². The molecule has 0 atom stereocenters. The molecule has 0 bridgehead atoms. The molecule has 3 rings (SSSR count). The Kier molecular flexibility index (Phi) is 5.73. The Morgan fingerprint density at radius 1 is 1.23 bits per heavy atom. The molecule has 2 heterocycles. The molecule has 26 heavy (non-hydrogen) atoms. The summed E-state index contributed by atoms with van der Waals surface area (Å²) in [7, 11) is 0. The van der Waals surface area contributed by atoms with Crippen molar-refractivity contribution in [1.82, 2.24) is 14.5 Å². The number of imidazole rings is 1. The Morgan fingerprint density at radius 2 is 2.00 bits per heavy atom. The summed E-state index contributed by atoms with van der Waals surface area (Å²) >= 11 is 1.80. The Labute approximate surface area is 159 Å². The number of benzene rings is 1. The predicted octanol–water partition coefficient (Wildman–Crippen LogP) is 4.28. The number of rotatable bonds is 8. The second-order valence-electron chi connectivity index (χ2n) is 7.18. The van der Waals surface area contributed by atoms with Crippen LogP contribution in [0.15, 0.2) is 24.3 Å². The maximum atomic E-state index is 6.24. The van der Waals surface area contributed by atoms with Crippen molar-refractivity contribution >= 4 is 39.5 Å². The van der Waals surface area contributed by atoms with Crippen molar-refractivity contribution in [2.75, 3.05) is 24.3 Å². The summed E-state index contributed by atoms with van der Waals surface area (Å²) in [4.78, 5) is 9.39. The van der Waals surface area contributed by atoms with Gasteiger partial charge in [-0.05, 0) is 32.6 Å². The fourth-order valence-corrected chi connectivity index (χ4v) is 3.57. The molecule has 140 valence electrons. The van der Waals surface area contributed by atoms with E-state index in [9.17, 15) is 0 Å². The zero-order chi connectivity index (χ0) is 18.7. The minimum Gasteiger partial charge on any atom is -0.382 e. The summed E-state index contributed by atoms with van der Waals surface area (Å²) in [5, 5.41) is 1.09. The van der Waals surface area contributed by atoms with E-state index >= 15 is 0 Å². The van der Waals surface area contributed by atoms with Crippen molar-refractivity contribution in [2.24, 2.45) is 0 Å². The number of pyridine rings is 1. The Bertz CT molecular complexity index is 904. The molecule has 0 aliphatic rings. The highest BCUT2D eigenvalue weighted by molar-refractivity contribution is 7.98. The standard InChI is InChI=1S/C20H28N4OS/c1-5-8-16-23-17-18(14-9-6-7-10-15(14)22-19(17)21)24(16)13-20(2,3)25-11-12-26-4/h6-7,9-10H,5,8,11-13H2,1-4H3,(H2,21,22). The molecule has 0 saturated heterocycles. The van der Waals surface area contributed by atoms with E-state index in [1.54, 1.807) is 11.8 Å². The monoisotopic (exact) mass is 372 g/mol. The molecule has 0 radical (unpaired) electrons. The number of nitrogens with zero attached hydrogens (tertiary/aromatic N) is 3. The van der Waals surface area contributed by atoms with Gasteiger partial charge in [-0.15, -0.1) is 0 Å². The zero-order valence-corrected chi connectivity index (χ0v) is 16.9. The molecule has 2 N–H and O–H groups in total. The molecule has 0 fully saturated rings. The number of ether oxygens (including phenoxy) is 1. The minimum absolute atomic E-state index is 0.287. The third-order valence-corrected chi connectivity index (χ3v) is 5.06. The van der Waals surface area contributed by atoms with E-state index in [1.165, 1.54) is 0 Å². The van der Waals surface area contributed by atoms with Gasteiger partial charge >= 0.3 is 0 Å². The number of fused-ring (bicyclic) bond motifs is 3. The third-order valence-electron chi connectivity index (χ3n) is 4.48. The van der Waals surface area contributed by atoms with Crippen LogP contribution in [0, 0.1) is 0 Å². The van der Waals surface area contributed by atoms with Gasteiger partial charge in [-0.1, -0.05) is 25.1 Å². The highest BCUT2D eigenvalue weighted by atomic mass is 32.2. The molecule has 0 unspecified atom stereocenters. The molecule has 0 aliphatic carbocycles. The highest BCUT2D eigenvalue weighted by Crippen LogP contribution is 2.30. The minimum atomic E-state index is -0.287. The molecular weight excluding hydrogens is 344 g/mol. The van der Waals surface area contributed by atoms with Gasteiger partial charge in [0.2, 0.25) is 0 Å². The topological polar surface area (TPSA) is 66.0 Å². The van der Waals surface area contributed by atoms with E-state index in [2.05, 4.69) is 42.6 Å². The average Bonchev–Trinajstić information content (AvgIpc) is 2.94. The van der Waals surface area contributed by atoms with Crippen LogP contribution in [-0.2, 0) is 17.7 Å². The van der Waals surface area contributed by atoms with Crippen molar-refractivity contribution in [3.8, 4) is 0 Å². The van der Waals surface area contributed by atoms with Crippen molar-refractivity contribution < 1.29 is 4.74 Å². The van der Waals surface area contributed by atoms with Crippen LogP contribution in [0.25, 0.3) is 21.9 Å². The van der Waals surface area contributed by atoms with E-state index in [0.29, 0.717) is 5.82 Å². The van der Waals surface area contributed by atoms with Crippen molar-refractivity contribution in [2.45, 2.75) is 45.8 Å². The second-order valence-corrected chi connectivity index (χ2v) is 8.16. The van der Waals surface area contributed by atoms with Crippen LogP contribution < -0.4 is 5.73 Å². The number of nitrogens with two attached hydrogens (primary N) is 1. The number of hydrogen-bond donors (Lipinski definition) is 1. The van der Waals surface area contributed by atoms with E-state index in [-0.39, 0.29) is 5.60 Å². The zero-order valence-electron chi connectivity index (χ0n) is 16.1. The number of aromatic nitrogens is 3. The molecule has 5 nitrogen and oxygen atoms in total. The summed E-state index contributed by atoms with van der Waals surface area (Å²) in [6.07, 6.45) is 4.03. The lowest BCUT2D eigenvalue weighted by Gasteiger charge is -2.27. The van der Waals surface area contributed by atoms with E-state index < -0.39 is 0 Å². The lowest BCUT2D eigenvalue weighted by molar-refractivity contribution is -0.0206. The first kappa shape index (κ1) is 19.0. The molecule has 0 saturated carbocycles. The summed E-state index contributed by atoms with van der Waals surface area (Å²) in [6, 6.07) is 8.13. The molecule has 2 aromatic heterocycles. The van der Waals surface area contributed by atoms with Gasteiger partial charge in [-0.2, -0.15) is 11.8 Å². The predicted molar refractivity (Wildman–Crippen MR) is 112 cm³/mol. The van der Waals surface area contributed by atoms with Gasteiger partial charge in [0.05, 0.1) is 29.8 Å². The van der Waals surface area contributed by atoms with Crippen molar-refractivity contribution in [3.05, 3.63) is 30.1 Å². The maximum Gasteiger partial charge on any atom is 0.152 e. The molecule has 0 aliphatic heterocycles. The molecule has 0 amide bonds. The normalized spacial score (nSPS) is 12.3. The summed E-state index contributed by atoms with van der Waals surface area (Å²) < 4.78 is 8.44. The molecule has 3 aromatic rings. The largest absolute Gasteiger partial charge is 0.382 e. The number of aryl methyl sites for hydroxylation is 1.